The summed E-state index contributed by atoms with van der Waals surface area (Å²) in [5, 5.41) is 0.743. The smallest absolute Gasteiger partial charge is 0.164 e. The van der Waals surface area contributed by atoms with Gasteiger partial charge >= 0.3 is 0 Å². The molecule has 4 nitrogen and oxygen atoms in total. The van der Waals surface area contributed by atoms with Gasteiger partial charge in [0.2, 0.25) is 0 Å². The molecule has 2 heterocycles. The lowest BCUT2D eigenvalue weighted by Crippen LogP contribution is -2.00. The third kappa shape index (κ3) is 3.11. The van der Waals surface area contributed by atoms with Crippen LogP contribution in [0, 0.1) is 5.82 Å². The Kier molecular flexibility index (Phi) is 2.49. The average molecular weight is 428 g/mol. The molecular formula is C27H16FN3O. The van der Waals surface area contributed by atoms with Crippen molar-refractivity contribution in [1.82, 2.24) is 15.0 Å². The number of hydrogen-bond acceptors (Lipinski definition) is 4. The first-order chi connectivity index (χ1) is 19.9. The van der Waals surface area contributed by atoms with Gasteiger partial charge in [-0.3, -0.25) is 0 Å². The van der Waals surface area contributed by atoms with E-state index in [-0.39, 0.29) is 45.1 Å². The van der Waals surface area contributed by atoms with Gasteiger partial charge in [0.25, 0.3) is 0 Å². The number of benzene rings is 4. The van der Waals surface area contributed by atoms with Crippen molar-refractivity contribution in [2.45, 2.75) is 0 Å². The van der Waals surface area contributed by atoms with Crippen molar-refractivity contribution in [3.05, 3.63) is 103 Å². The van der Waals surface area contributed by atoms with Gasteiger partial charge in [-0.25, -0.2) is 19.3 Å². The van der Waals surface area contributed by atoms with Crippen LogP contribution in [0.2, 0.25) is 0 Å². The van der Waals surface area contributed by atoms with Crippen LogP contribution in [0.3, 0.4) is 0 Å². The molecule has 0 fully saturated rings. The Labute approximate surface area is 197 Å². The van der Waals surface area contributed by atoms with Crippen LogP contribution in [0.1, 0.15) is 13.7 Å². The van der Waals surface area contributed by atoms with Gasteiger partial charge < -0.3 is 4.42 Å². The zero-order valence-electron chi connectivity index (χ0n) is 26.1. The van der Waals surface area contributed by atoms with Gasteiger partial charge in [0.15, 0.2) is 17.5 Å². The third-order valence-electron chi connectivity index (χ3n) is 4.79. The lowest BCUT2D eigenvalue weighted by atomic mass is 10.1. The normalized spacial score (nSPS) is 15.7. The molecule has 0 amide bonds. The molecule has 0 radical (unpaired) electrons. The van der Waals surface area contributed by atoms with E-state index in [1.807, 2.05) is 0 Å². The molecule has 0 aliphatic carbocycles. The maximum absolute atomic E-state index is 14.5. The number of hydrogen-bond donors (Lipinski definition) is 0. The summed E-state index contributed by atoms with van der Waals surface area (Å²) in [7, 11) is 0. The van der Waals surface area contributed by atoms with Gasteiger partial charge in [0, 0.05) is 22.1 Å². The molecule has 0 bridgehead atoms. The molecule has 32 heavy (non-hydrogen) atoms. The Morgan fingerprint density at radius 2 is 1.25 bits per heavy atom. The first-order valence-corrected chi connectivity index (χ1v) is 9.42. The van der Waals surface area contributed by atoms with Gasteiger partial charge in [0.1, 0.15) is 17.0 Å². The van der Waals surface area contributed by atoms with Crippen LogP contribution >= 0.6 is 0 Å². The standard InChI is InChI=1S/C27H16FN3O/c28-21-12-7-13-22-24(21)20-15-14-19(16-23(20)32-22)27-30-25(17-8-3-1-4-9-17)29-26(31-27)18-10-5-2-6-11-18/h1-16H/i1D,2D,3D,4D,5D,6D,8D,9D,10D,11D. The molecule has 0 spiro atoms. The van der Waals surface area contributed by atoms with Gasteiger partial charge in [-0.05, 0) is 24.3 Å². The first-order valence-electron chi connectivity index (χ1n) is 14.4. The summed E-state index contributed by atoms with van der Waals surface area (Å²) in [6.07, 6.45) is 0. The van der Waals surface area contributed by atoms with Crippen LogP contribution in [0.15, 0.2) is 101 Å². The molecular weight excluding hydrogens is 401 g/mol. The second-order valence-corrected chi connectivity index (χ2v) is 6.73. The molecule has 0 aliphatic rings. The topological polar surface area (TPSA) is 51.8 Å². The Balaban J connectivity index is 1.68. The highest BCUT2D eigenvalue weighted by Crippen LogP contribution is 2.33. The molecule has 6 aromatic rings. The number of rotatable bonds is 3. The fraction of sp³-hybridized carbons (Fsp3) is 0. The van der Waals surface area contributed by atoms with E-state index in [1.54, 1.807) is 18.2 Å². The summed E-state index contributed by atoms with van der Waals surface area (Å²) in [5.41, 5.74) is 0.126. The minimum Gasteiger partial charge on any atom is -0.456 e. The lowest BCUT2D eigenvalue weighted by Gasteiger charge is -2.08. The van der Waals surface area contributed by atoms with Crippen molar-refractivity contribution in [2.75, 3.05) is 0 Å². The number of halogens is 1. The molecule has 0 aliphatic heterocycles. The van der Waals surface area contributed by atoms with Crippen LogP contribution in [-0.4, -0.2) is 15.0 Å². The molecule has 0 saturated carbocycles. The van der Waals surface area contributed by atoms with Crippen LogP contribution in [0.4, 0.5) is 4.39 Å². The van der Waals surface area contributed by atoms with Crippen LogP contribution < -0.4 is 0 Å². The minimum atomic E-state index is -0.636. The number of nitrogens with zero attached hydrogens (tertiary/aromatic N) is 3. The Morgan fingerprint density at radius 1 is 0.656 bits per heavy atom. The van der Waals surface area contributed by atoms with Gasteiger partial charge in [0.05, 0.1) is 19.1 Å². The summed E-state index contributed by atoms with van der Waals surface area (Å²) in [4.78, 5) is 13.0. The molecule has 6 rings (SSSR count). The van der Waals surface area contributed by atoms with Crippen LogP contribution in [-0.2, 0) is 0 Å². The summed E-state index contributed by atoms with van der Waals surface area (Å²) in [5.74, 6) is -1.35. The van der Waals surface area contributed by atoms with E-state index in [9.17, 15) is 4.39 Å². The van der Waals surface area contributed by atoms with E-state index in [0.29, 0.717) is 11.0 Å². The largest absolute Gasteiger partial charge is 0.456 e. The van der Waals surface area contributed by atoms with E-state index >= 15 is 0 Å². The SMILES string of the molecule is [2H]c1c([2H])c([2H])c(-c2nc(-c3ccc4c(c3)oc3cccc(F)c34)nc(-c3c([2H])c([2H])c([2H])c([2H])c3[2H])n2)c([2H])c1[2H]. The number of furan rings is 1. The summed E-state index contributed by atoms with van der Waals surface area (Å²) < 4.78 is 102. The maximum Gasteiger partial charge on any atom is 0.164 e. The summed E-state index contributed by atoms with van der Waals surface area (Å²) in [6.45, 7) is 0. The number of fused-ring (bicyclic) bond motifs is 3. The zero-order valence-corrected chi connectivity index (χ0v) is 16.1. The fourth-order valence-electron chi connectivity index (χ4n) is 3.37. The van der Waals surface area contributed by atoms with Crippen molar-refractivity contribution in [3.8, 4) is 34.2 Å². The van der Waals surface area contributed by atoms with E-state index < -0.39 is 66.2 Å². The van der Waals surface area contributed by atoms with E-state index in [0.717, 1.165) is 0 Å². The molecule has 152 valence electrons. The zero-order chi connectivity index (χ0) is 30.2. The highest BCUT2D eigenvalue weighted by molar-refractivity contribution is 6.06. The molecule has 2 aromatic heterocycles. The second kappa shape index (κ2) is 7.39. The molecule has 4 aromatic carbocycles. The molecule has 5 heteroatoms. The quantitative estimate of drug-likeness (QED) is 0.308. The Hall–Kier alpha value is -4.38. The number of aromatic nitrogens is 3. The van der Waals surface area contributed by atoms with E-state index in [2.05, 4.69) is 15.0 Å². The van der Waals surface area contributed by atoms with Crippen molar-refractivity contribution in [1.29, 1.82) is 0 Å². The summed E-state index contributed by atoms with van der Waals surface area (Å²) >= 11 is 0. The third-order valence-corrected chi connectivity index (χ3v) is 4.79. The highest BCUT2D eigenvalue weighted by atomic mass is 19.1. The van der Waals surface area contributed by atoms with Crippen molar-refractivity contribution in [3.63, 3.8) is 0 Å². The fourth-order valence-corrected chi connectivity index (χ4v) is 3.37. The summed E-state index contributed by atoms with van der Waals surface area (Å²) in [6, 6.07) is 2.85. The van der Waals surface area contributed by atoms with Gasteiger partial charge in [-0.2, -0.15) is 0 Å². The second-order valence-electron chi connectivity index (χ2n) is 6.73. The first kappa shape index (κ1) is 10.8. The molecule has 0 atom stereocenters. The highest BCUT2D eigenvalue weighted by Gasteiger charge is 2.15. The predicted octanol–water partition coefficient (Wildman–Crippen LogP) is 6.91. The van der Waals surface area contributed by atoms with E-state index in [4.69, 9.17) is 18.1 Å². The molecule has 0 unspecified atom stereocenters. The van der Waals surface area contributed by atoms with Crippen molar-refractivity contribution in [2.24, 2.45) is 0 Å². The average Bonchev–Trinajstić information content (AvgIpc) is 3.36. The monoisotopic (exact) mass is 427 g/mol. The van der Waals surface area contributed by atoms with Crippen molar-refractivity contribution >= 4 is 21.9 Å². The predicted molar refractivity (Wildman–Crippen MR) is 123 cm³/mol. The van der Waals surface area contributed by atoms with E-state index in [1.165, 1.54) is 18.2 Å². The minimum absolute atomic E-state index is 0.114. The van der Waals surface area contributed by atoms with Crippen LogP contribution in [0.25, 0.3) is 56.1 Å². The van der Waals surface area contributed by atoms with Crippen molar-refractivity contribution < 1.29 is 22.5 Å². The van der Waals surface area contributed by atoms with Crippen LogP contribution in [0.5, 0.6) is 0 Å². The molecule has 0 N–H and O–H groups in total. The van der Waals surface area contributed by atoms with Gasteiger partial charge in [-0.1, -0.05) is 72.6 Å². The molecule has 0 saturated heterocycles. The Morgan fingerprint density at radius 3 is 1.88 bits per heavy atom. The maximum atomic E-state index is 14.5. The van der Waals surface area contributed by atoms with Gasteiger partial charge in [-0.15, -0.1) is 0 Å². The lowest BCUT2D eigenvalue weighted by molar-refractivity contribution is 0.634. The Bertz CT molecular complexity index is 1990.